The largest absolute Gasteiger partial charge is 0.485 e. The molecular formula is C21H21N5O3S. The standard InChI is InChI=1S/C21H21N5O3S/c1-25-19(18-13-28-16-9-4-5-10-17(16)29-18)23-24-21(25)30-12-6-11-26-15-8-3-2-7-14(15)22-20(26)27/h2-5,7-10,18H,6,11-13H2,1H3,(H,22,27)/t18-/m1/s1. The molecule has 0 saturated carbocycles. The van der Waals surface area contributed by atoms with Crippen molar-refractivity contribution in [3.05, 3.63) is 64.8 Å². The fourth-order valence-corrected chi connectivity index (χ4v) is 4.44. The molecule has 0 bridgehead atoms. The lowest BCUT2D eigenvalue weighted by atomic mass is 10.2. The van der Waals surface area contributed by atoms with Crippen LogP contribution in [0.3, 0.4) is 0 Å². The number of nitrogens with one attached hydrogen (secondary N) is 1. The number of fused-ring (bicyclic) bond motifs is 2. The van der Waals surface area contributed by atoms with E-state index in [4.69, 9.17) is 9.47 Å². The summed E-state index contributed by atoms with van der Waals surface area (Å²) in [6, 6.07) is 15.4. The van der Waals surface area contributed by atoms with Crippen molar-refractivity contribution in [1.82, 2.24) is 24.3 Å². The molecule has 4 aromatic rings. The quantitative estimate of drug-likeness (QED) is 0.379. The number of nitrogens with zero attached hydrogens (tertiary/aromatic N) is 4. The Balaban J connectivity index is 1.21. The van der Waals surface area contributed by atoms with Crippen LogP contribution >= 0.6 is 11.8 Å². The predicted octanol–water partition coefficient (Wildman–Crippen LogP) is 3.15. The average Bonchev–Trinajstić information content (AvgIpc) is 3.30. The van der Waals surface area contributed by atoms with Gasteiger partial charge in [0.05, 0.1) is 11.0 Å². The molecule has 30 heavy (non-hydrogen) atoms. The maximum absolute atomic E-state index is 12.2. The van der Waals surface area contributed by atoms with E-state index in [1.54, 1.807) is 16.3 Å². The molecule has 0 fully saturated rings. The van der Waals surface area contributed by atoms with Crippen molar-refractivity contribution in [1.29, 1.82) is 0 Å². The van der Waals surface area contributed by atoms with E-state index in [0.29, 0.717) is 13.2 Å². The number of aromatic nitrogens is 5. The zero-order valence-corrected chi connectivity index (χ0v) is 17.3. The molecule has 2 aromatic heterocycles. The Morgan fingerprint density at radius 2 is 1.93 bits per heavy atom. The van der Waals surface area contributed by atoms with Crippen molar-refractivity contribution >= 4 is 22.8 Å². The Labute approximate surface area is 176 Å². The highest BCUT2D eigenvalue weighted by Gasteiger charge is 2.27. The smallest absolute Gasteiger partial charge is 0.326 e. The summed E-state index contributed by atoms with van der Waals surface area (Å²) >= 11 is 1.62. The van der Waals surface area contributed by atoms with Crippen LogP contribution in [0, 0.1) is 0 Å². The Bertz CT molecular complexity index is 1240. The third-order valence-corrected chi connectivity index (χ3v) is 6.21. The van der Waals surface area contributed by atoms with Crippen LogP contribution in [-0.4, -0.2) is 36.7 Å². The number of ether oxygens (including phenoxy) is 2. The molecule has 0 unspecified atom stereocenters. The molecule has 154 valence electrons. The first-order valence-corrected chi connectivity index (χ1v) is 10.8. The number of aromatic amines is 1. The normalized spacial score (nSPS) is 15.6. The fourth-order valence-electron chi connectivity index (χ4n) is 3.59. The van der Waals surface area contributed by atoms with Crippen LogP contribution in [-0.2, 0) is 13.6 Å². The van der Waals surface area contributed by atoms with Crippen LogP contribution in [0.25, 0.3) is 11.0 Å². The minimum Gasteiger partial charge on any atom is -0.485 e. The lowest BCUT2D eigenvalue weighted by Crippen LogP contribution is -2.24. The number of thioether (sulfide) groups is 1. The third kappa shape index (κ3) is 3.45. The highest BCUT2D eigenvalue weighted by molar-refractivity contribution is 7.99. The van der Waals surface area contributed by atoms with Gasteiger partial charge < -0.3 is 19.0 Å². The van der Waals surface area contributed by atoms with Crippen LogP contribution in [0.4, 0.5) is 0 Å². The molecule has 2 aromatic carbocycles. The number of H-pyrrole nitrogens is 1. The van der Waals surface area contributed by atoms with Crippen molar-refractivity contribution < 1.29 is 9.47 Å². The number of hydrogen-bond acceptors (Lipinski definition) is 6. The second-order valence-corrected chi connectivity index (χ2v) is 8.13. The summed E-state index contributed by atoms with van der Waals surface area (Å²) < 4.78 is 15.6. The van der Waals surface area contributed by atoms with Gasteiger partial charge in [-0.2, -0.15) is 0 Å². The molecule has 0 amide bonds. The minimum atomic E-state index is -0.295. The molecule has 1 atom stereocenters. The number of benzene rings is 2. The average molecular weight is 423 g/mol. The van der Waals surface area contributed by atoms with Crippen LogP contribution in [0.5, 0.6) is 11.5 Å². The molecule has 1 aliphatic rings. The zero-order valence-electron chi connectivity index (χ0n) is 16.4. The van der Waals surface area contributed by atoms with Gasteiger partial charge >= 0.3 is 5.69 Å². The van der Waals surface area contributed by atoms with E-state index in [2.05, 4.69) is 15.2 Å². The third-order valence-electron chi connectivity index (χ3n) is 5.10. The van der Waals surface area contributed by atoms with E-state index in [1.165, 1.54) is 0 Å². The van der Waals surface area contributed by atoms with Crippen molar-refractivity contribution in [2.75, 3.05) is 12.4 Å². The van der Waals surface area contributed by atoms with Gasteiger partial charge in [-0.15, -0.1) is 10.2 Å². The number of hydrogen-bond donors (Lipinski definition) is 1. The molecular weight excluding hydrogens is 402 g/mol. The van der Waals surface area contributed by atoms with Gasteiger partial charge in [0.25, 0.3) is 0 Å². The van der Waals surface area contributed by atoms with E-state index < -0.39 is 0 Å². The summed E-state index contributed by atoms with van der Waals surface area (Å²) in [6.45, 7) is 1.05. The van der Waals surface area contributed by atoms with Crippen LogP contribution < -0.4 is 15.2 Å². The Morgan fingerprint density at radius 1 is 1.13 bits per heavy atom. The van der Waals surface area contributed by atoms with Crippen LogP contribution in [0.2, 0.25) is 0 Å². The molecule has 8 nitrogen and oxygen atoms in total. The summed E-state index contributed by atoms with van der Waals surface area (Å²) in [4.78, 5) is 15.1. The molecule has 9 heteroatoms. The Morgan fingerprint density at radius 3 is 2.83 bits per heavy atom. The van der Waals surface area contributed by atoms with Crippen molar-refractivity contribution in [2.45, 2.75) is 24.2 Å². The molecule has 0 saturated heterocycles. The SMILES string of the molecule is Cn1c(SCCCn2c(=O)[nH]c3ccccc32)nnc1[C@H]1COc2ccccc2O1. The molecule has 5 rings (SSSR count). The topological polar surface area (TPSA) is 87.0 Å². The lowest BCUT2D eigenvalue weighted by Gasteiger charge is -2.25. The highest BCUT2D eigenvalue weighted by atomic mass is 32.2. The Hall–Kier alpha value is -3.20. The summed E-state index contributed by atoms with van der Waals surface area (Å²) in [5, 5.41) is 9.46. The molecule has 0 spiro atoms. The van der Waals surface area contributed by atoms with Gasteiger partial charge in [-0.05, 0) is 30.7 Å². The summed E-state index contributed by atoms with van der Waals surface area (Å²) in [7, 11) is 1.94. The minimum absolute atomic E-state index is 0.0723. The van der Waals surface area contributed by atoms with Gasteiger partial charge in [-0.25, -0.2) is 4.79 Å². The second kappa shape index (κ2) is 7.91. The summed E-state index contributed by atoms with van der Waals surface area (Å²) in [5.74, 6) is 3.02. The molecule has 1 N–H and O–H groups in total. The maximum atomic E-state index is 12.2. The molecule has 1 aliphatic heterocycles. The second-order valence-electron chi connectivity index (χ2n) is 7.06. The number of imidazole rings is 1. The predicted molar refractivity (Wildman–Crippen MR) is 114 cm³/mol. The first kappa shape index (κ1) is 18.8. The van der Waals surface area contributed by atoms with E-state index in [1.807, 2.05) is 60.1 Å². The van der Waals surface area contributed by atoms with Gasteiger partial charge in [0.1, 0.15) is 6.61 Å². The van der Waals surface area contributed by atoms with Crippen LogP contribution in [0.15, 0.2) is 58.5 Å². The fraction of sp³-hybridized carbons (Fsp3) is 0.286. The zero-order chi connectivity index (χ0) is 20.5. The van der Waals surface area contributed by atoms with Gasteiger partial charge in [0.15, 0.2) is 28.6 Å². The monoisotopic (exact) mass is 423 g/mol. The first-order valence-electron chi connectivity index (χ1n) is 9.79. The van der Waals surface area contributed by atoms with Gasteiger partial charge in [-0.1, -0.05) is 36.0 Å². The molecule has 0 aliphatic carbocycles. The highest BCUT2D eigenvalue weighted by Crippen LogP contribution is 2.35. The Kier molecular flexibility index (Phi) is 4.96. The van der Waals surface area contributed by atoms with Gasteiger partial charge in [0.2, 0.25) is 0 Å². The number of para-hydroxylation sites is 4. The van der Waals surface area contributed by atoms with E-state index in [9.17, 15) is 4.79 Å². The summed E-state index contributed by atoms with van der Waals surface area (Å²) in [6.07, 6.45) is 0.543. The summed E-state index contributed by atoms with van der Waals surface area (Å²) in [5.41, 5.74) is 1.73. The van der Waals surface area contributed by atoms with Crippen LogP contribution in [0.1, 0.15) is 18.3 Å². The van der Waals surface area contributed by atoms with Crippen molar-refractivity contribution in [2.24, 2.45) is 7.05 Å². The lowest BCUT2D eigenvalue weighted by molar-refractivity contribution is 0.0825. The number of aryl methyl sites for hydroxylation is 1. The molecule has 3 heterocycles. The number of rotatable bonds is 6. The maximum Gasteiger partial charge on any atom is 0.326 e. The first-order chi connectivity index (χ1) is 14.7. The van der Waals surface area contributed by atoms with Gasteiger partial charge in [0, 0.05) is 19.3 Å². The van der Waals surface area contributed by atoms with E-state index in [0.717, 1.165) is 45.7 Å². The van der Waals surface area contributed by atoms with Crippen molar-refractivity contribution in [3.8, 4) is 11.5 Å². The van der Waals surface area contributed by atoms with E-state index >= 15 is 0 Å². The van der Waals surface area contributed by atoms with Crippen molar-refractivity contribution in [3.63, 3.8) is 0 Å². The molecule has 0 radical (unpaired) electrons. The van der Waals surface area contributed by atoms with E-state index in [-0.39, 0.29) is 11.8 Å². The van der Waals surface area contributed by atoms with Gasteiger partial charge in [-0.3, -0.25) is 4.57 Å².